The maximum absolute atomic E-state index is 11.5. The van der Waals surface area contributed by atoms with Crippen molar-refractivity contribution in [2.45, 2.75) is 51.4 Å². The highest BCUT2D eigenvalue weighted by molar-refractivity contribution is 5.66. The number of methoxy groups -OCH3 is 1. The van der Waals surface area contributed by atoms with Gasteiger partial charge in [0.25, 0.3) is 0 Å². The Labute approximate surface area is 187 Å². The van der Waals surface area contributed by atoms with E-state index in [2.05, 4.69) is 6.07 Å². The van der Waals surface area contributed by atoms with Crippen molar-refractivity contribution in [2.24, 2.45) is 0 Å². The van der Waals surface area contributed by atoms with Crippen LogP contribution in [0.2, 0.25) is 0 Å². The van der Waals surface area contributed by atoms with E-state index in [0.29, 0.717) is 24.8 Å². The number of benzene rings is 2. The highest BCUT2D eigenvalue weighted by Gasteiger charge is 2.33. The predicted octanol–water partition coefficient (Wildman–Crippen LogP) is 3.87. The van der Waals surface area contributed by atoms with Crippen molar-refractivity contribution in [1.29, 1.82) is 5.26 Å². The Balaban J connectivity index is 1.83. The monoisotopic (exact) mass is 437 g/mol. The zero-order valence-electron chi connectivity index (χ0n) is 18.5. The molecule has 0 bridgehead atoms. The first-order valence-corrected chi connectivity index (χ1v) is 10.5. The average Bonchev–Trinajstić information content (AvgIpc) is 2.77. The molecule has 1 saturated heterocycles. The van der Waals surface area contributed by atoms with E-state index in [4.69, 9.17) is 18.9 Å². The van der Waals surface area contributed by atoms with Gasteiger partial charge in [0.15, 0.2) is 0 Å². The number of nitriles is 1. The van der Waals surface area contributed by atoms with E-state index in [0.717, 1.165) is 22.4 Å². The highest BCUT2D eigenvalue weighted by Crippen LogP contribution is 2.34. The van der Waals surface area contributed by atoms with Crippen molar-refractivity contribution in [1.82, 2.24) is 0 Å². The van der Waals surface area contributed by atoms with Crippen molar-refractivity contribution in [3.63, 3.8) is 0 Å². The summed E-state index contributed by atoms with van der Waals surface area (Å²) in [6.45, 7) is 2.81. The third kappa shape index (κ3) is 6.32. The summed E-state index contributed by atoms with van der Waals surface area (Å²) in [5.74, 6) is 0.0239. The van der Waals surface area contributed by atoms with Gasteiger partial charge in [0.05, 0.1) is 31.0 Å². The molecular formula is C25H27NO6. The van der Waals surface area contributed by atoms with Crippen LogP contribution in [0.3, 0.4) is 0 Å². The molecule has 0 amide bonds. The molecule has 3 rings (SSSR count). The normalized spacial score (nSPS) is 20.1. The minimum Gasteiger partial charge on any atom is -0.497 e. The van der Waals surface area contributed by atoms with Gasteiger partial charge in [0.1, 0.15) is 18.5 Å². The number of rotatable bonds is 7. The Bertz CT molecular complexity index is 994. The van der Waals surface area contributed by atoms with Crippen LogP contribution in [0.25, 0.3) is 0 Å². The second kappa shape index (κ2) is 10.8. The number of ether oxygens (including phenoxy) is 4. The molecule has 7 nitrogen and oxygen atoms in total. The summed E-state index contributed by atoms with van der Waals surface area (Å²) in [4.78, 5) is 22.7. The van der Waals surface area contributed by atoms with Gasteiger partial charge >= 0.3 is 11.9 Å². The molecule has 1 aliphatic rings. The first kappa shape index (κ1) is 23.3. The van der Waals surface area contributed by atoms with Crippen LogP contribution in [0.15, 0.2) is 42.5 Å². The Hall–Kier alpha value is -3.37. The fourth-order valence-corrected chi connectivity index (χ4v) is 3.87. The van der Waals surface area contributed by atoms with Crippen LogP contribution < -0.4 is 4.74 Å². The van der Waals surface area contributed by atoms with Crippen molar-refractivity contribution >= 4 is 11.9 Å². The summed E-state index contributed by atoms with van der Waals surface area (Å²) in [6, 6.07) is 15.6. The fourth-order valence-electron chi connectivity index (χ4n) is 3.87. The number of esters is 2. The van der Waals surface area contributed by atoms with E-state index in [1.807, 2.05) is 36.4 Å². The second-order valence-electron chi connectivity index (χ2n) is 7.81. The third-order valence-electron chi connectivity index (χ3n) is 5.34. The van der Waals surface area contributed by atoms with Gasteiger partial charge in [0, 0.05) is 26.7 Å². The topological polar surface area (TPSA) is 94.8 Å². The lowest BCUT2D eigenvalue weighted by Crippen LogP contribution is -2.36. The Morgan fingerprint density at radius 3 is 2.47 bits per heavy atom. The quantitative estimate of drug-likeness (QED) is 0.607. The lowest BCUT2D eigenvalue weighted by molar-refractivity contribution is -0.169. The zero-order valence-corrected chi connectivity index (χ0v) is 18.5. The molecule has 2 aromatic carbocycles. The molecule has 1 fully saturated rings. The molecular weight excluding hydrogens is 410 g/mol. The molecule has 0 radical (unpaired) electrons. The van der Waals surface area contributed by atoms with Gasteiger partial charge in [-0.3, -0.25) is 9.59 Å². The van der Waals surface area contributed by atoms with Gasteiger partial charge in [-0.1, -0.05) is 24.3 Å². The number of hydrogen-bond donors (Lipinski definition) is 0. The van der Waals surface area contributed by atoms with Crippen LogP contribution in [-0.4, -0.2) is 37.9 Å². The minimum absolute atomic E-state index is 0.0958. The van der Waals surface area contributed by atoms with Gasteiger partial charge in [-0.15, -0.1) is 0 Å². The smallest absolute Gasteiger partial charge is 0.302 e. The van der Waals surface area contributed by atoms with Gasteiger partial charge in [-0.05, 0) is 41.3 Å². The minimum atomic E-state index is -0.389. The summed E-state index contributed by atoms with van der Waals surface area (Å²) in [7, 11) is 1.62. The second-order valence-corrected chi connectivity index (χ2v) is 7.81. The molecule has 32 heavy (non-hydrogen) atoms. The molecule has 3 atom stereocenters. The van der Waals surface area contributed by atoms with E-state index in [9.17, 15) is 14.9 Å². The van der Waals surface area contributed by atoms with Crippen LogP contribution in [0.5, 0.6) is 5.75 Å². The molecule has 0 saturated carbocycles. The Morgan fingerprint density at radius 2 is 1.84 bits per heavy atom. The average molecular weight is 437 g/mol. The first-order valence-electron chi connectivity index (χ1n) is 10.5. The molecule has 0 aromatic heterocycles. The van der Waals surface area contributed by atoms with Gasteiger partial charge in [0.2, 0.25) is 0 Å². The van der Waals surface area contributed by atoms with Gasteiger partial charge in [-0.25, -0.2) is 0 Å². The standard InChI is InChI=1S/C25H27NO6/c1-16(27)30-15-24-12-23(31-17(2)28)13-25(32-24)19-6-7-20(14-26)21(11-19)10-18-4-8-22(29-3)9-5-18/h4-9,11,23-25H,10,12-13,15H2,1-3H3. The van der Waals surface area contributed by atoms with E-state index in [1.54, 1.807) is 13.2 Å². The van der Waals surface area contributed by atoms with Crippen molar-refractivity contribution in [2.75, 3.05) is 13.7 Å². The van der Waals surface area contributed by atoms with Crippen molar-refractivity contribution < 1.29 is 28.5 Å². The van der Waals surface area contributed by atoms with Crippen LogP contribution in [0, 0.1) is 11.3 Å². The third-order valence-corrected chi connectivity index (χ3v) is 5.34. The molecule has 0 aliphatic carbocycles. The maximum atomic E-state index is 11.5. The molecule has 2 aromatic rings. The summed E-state index contributed by atoms with van der Waals surface area (Å²) in [5.41, 5.74) is 3.41. The maximum Gasteiger partial charge on any atom is 0.302 e. The SMILES string of the molecule is COc1ccc(Cc2cc(C3CC(OC(C)=O)CC(COC(C)=O)O3)ccc2C#N)cc1. The van der Waals surface area contributed by atoms with E-state index in [-0.39, 0.29) is 36.9 Å². The molecule has 0 spiro atoms. The summed E-state index contributed by atoms with van der Waals surface area (Å²) in [6.07, 6.45) is 0.450. The Morgan fingerprint density at radius 1 is 1.09 bits per heavy atom. The molecule has 168 valence electrons. The lowest BCUT2D eigenvalue weighted by atomic mass is 9.92. The largest absolute Gasteiger partial charge is 0.497 e. The molecule has 1 heterocycles. The number of nitrogens with zero attached hydrogens (tertiary/aromatic N) is 1. The number of carbonyl (C=O) groups excluding carboxylic acids is 2. The molecule has 1 aliphatic heterocycles. The summed E-state index contributed by atoms with van der Waals surface area (Å²) < 4.78 is 22.0. The van der Waals surface area contributed by atoms with E-state index >= 15 is 0 Å². The highest BCUT2D eigenvalue weighted by atomic mass is 16.6. The first-order chi connectivity index (χ1) is 15.4. The Kier molecular flexibility index (Phi) is 7.85. The van der Waals surface area contributed by atoms with Crippen molar-refractivity contribution in [3.05, 3.63) is 64.7 Å². The predicted molar refractivity (Wildman–Crippen MR) is 116 cm³/mol. The molecule has 0 N–H and O–H groups in total. The lowest BCUT2D eigenvalue weighted by Gasteiger charge is -2.35. The van der Waals surface area contributed by atoms with Gasteiger partial charge in [-0.2, -0.15) is 5.26 Å². The van der Waals surface area contributed by atoms with Crippen LogP contribution in [0.1, 0.15) is 55.0 Å². The molecule has 3 unspecified atom stereocenters. The number of hydrogen-bond acceptors (Lipinski definition) is 7. The van der Waals surface area contributed by atoms with Crippen molar-refractivity contribution in [3.8, 4) is 11.8 Å². The summed E-state index contributed by atoms with van der Waals surface area (Å²) in [5, 5.41) is 9.58. The molecule has 7 heteroatoms. The fraction of sp³-hybridized carbons (Fsp3) is 0.400. The zero-order chi connectivity index (χ0) is 23.1. The van der Waals surface area contributed by atoms with Crippen LogP contribution >= 0.6 is 0 Å². The van der Waals surface area contributed by atoms with Crippen LogP contribution in [-0.2, 0) is 30.2 Å². The summed E-state index contributed by atoms with van der Waals surface area (Å²) >= 11 is 0. The van der Waals surface area contributed by atoms with E-state index in [1.165, 1.54) is 13.8 Å². The van der Waals surface area contributed by atoms with E-state index < -0.39 is 0 Å². The van der Waals surface area contributed by atoms with Gasteiger partial charge < -0.3 is 18.9 Å². The van der Waals surface area contributed by atoms with Crippen LogP contribution in [0.4, 0.5) is 0 Å². The number of carbonyl (C=O) groups is 2.